The van der Waals surface area contributed by atoms with Crippen molar-refractivity contribution in [2.75, 3.05) is 25.0 Å². The smallest absolute Gasteiger partial charge is 0.342 e. The van der Waals surface area contributed by atoms with Crippen LogP contribution in [0.15, 0.2) is 83.8 Å². The monoisotopic (exact) mass is 480 g/mol. The van der Waals surface area contributed by atoms with E-state index in [1.807, 2.05) is 18.2 Å². The molecule has 0 radical (unpaired) electrons. The van der Waals surface area contributed by atoms with Gasteiger partial charge in [-0.15, -0.1) is 0 Å². The Morgan fingerprint density at radius 3 is 2.35 bits per heavy atom. The number of sulfonamides is 1. The topological polar surface area (TPSA) is 102 Å². The molecule has 1 amide bonds. The summed E-state index contributed by atoms with van der Waals surface area (Å²) in [6.45, 7) is 0.441. The van der Waals surface area contributed by atoms with Gasteiger partial charge in [0.1, 0.15) is 17.1 Å². The van der Waals surface area contributed by atoms with E-state index in [9.17, 15) is 18.0 Å². The van der Waals surface area contributed by atoms with Gasteiger partial charge in [0.25, 0.3) is 5.91 Å². The molecule has 8 nitrogen and oxygen atoms in total. The van der Waals surface area contributed by atoms with Crippen LogP contribution in [-0.2, 0) is 19.6 Å². The molecule has 0 unspecified atom stereocenters. The predicted molar refractivity (Wildman–Crippen MR) is 126 cm³/mol. The number of carbonyl (C=O) groups is 2. The summed E-state index contributed by atoms with van der Waals surface area (Å²) < 4.78 is 37.8. The normalized spacial score (nSPS) is 13.9. The van der Waals surface area contributed by atoms with E-state index >= 15 is 0 Å². The van der Waals surface area contributed by atoms with Gasteiger partial charge in [-0.25, -0.2) is 13.2 Å². The van der Waals surface area contributed by atoms with Crippen molar-refractivity contribution in [2.45, 2.75) is 17.7 Å². The van der Waals surface area contributed by atoms with Gasteiger partial charge in [-0.3, -0.25) is 4.79 Å². The van der Waals surface area contributed by atoms with Crippen LogP contribution < -0.4 is 10.1 Å². The van der Waals surface area contributed by atoms with E-state index < -0.39 is 28.5 Å². The Balaban J connectivity index is 1.37. The lowest BCUT2D eigenvalue weighted by molar-refractivity contribution is -0.119. The lowest BCUT2D eigenvalue weighted by Crippen LogP contribution is -2.28. The number of ether oxygens (including phenoxy) is 2. The maximum Gasteiger partial charge on any atom is 0.342 e. The Labute approximate surface area is 198 Å². The van der Waals surface area contributed by atoms with E-state index in [2.05, 4.69) is 5.32 Å². The third-order valence-electron chi connectivity index (χ3n) is 5.23. The van der Waals surface area contributed by atoms with Crippen LogP contribution in [0, 0.1) is 0 Å². The van der Waals surface area contributed by atoms with Crippen molar-refractivity contribution in [1.29, 1.82) is 0 Å². The summed E-state index contributed by atoms with van der Waals surface area (Å²) in [5.74, 6) is -0.444. The maximum absolute atomic E-state index is 12.7. The molecule has 0 saturated carbocycles. The quantitative estimate of drug-likeness (QED) is 0.488. The zero-order valence-corrected chi connectivity index (χ0v) is 19.2. The molecular formula is C25H24N2O6S. The fourth-order valence-corrected chi connectivity index (χ4v) is 5.12. The minimum atomic E-state index is -3.61. The van der Waals surface area contributed by atoms with E-state index in [-0.39, 0.29) is 10.5 Å². The van der Waals surface area contributed by atoms with Gasteiger partial charge in [-0.2, -0.15) is 4.31 Å². The van der Waals surface area contributed by atoms with Crippen molar-refractivity contribution in [3.8, 4) is 11.5 Å². The highest BCUT2D eigenvalue weighted by Crippen LogP contribution is 2.26. The maximum atomic E-state index is 12.7. The molecule has 34 heavy (non-hydrogen) atoms. The number of nitrogens with zero attached hydrogens (tertiary/aromatic N) is 1. The second-order valence-electron chi connectivity index (χ2n) is 7.67. The van der Waals surface area contributed by atoms with Crippen LogP contribution >= 0.6 is 0 Å². The molecular weight excluding hydrogens is 456 g/mol. The minimum Gasteiger partial charge on any atom is -0.456 e. The van der Waals surface area contributed by atoms with Gasteiger partial charge in [0.05, 0.1) is 4.90 Å². The first-order chi connectivity index (χ1) is 16.4. The number of carbonyl (C=O) groups excluding carboxylic acids is 2. The molecule has 0 atom stereocenters. The van der Waals surface area contributed by atoms with Gasteiger partial charge in [-0.1, -0.05) is 36.4 Å². The summed E-state index contributed by atoms with van der Waals surface area (Å²) in [7, 11) is -3.61. The van der Waals surface area contributed by atoms with Crippen LogP contribution in [0.2, 0.25) is 0 Å². The fourth-order valence-electron chi connectivity index (χ4n) is 3.56. The van der Waals surface area contributed by atoms with Crippen LogP contribution in [0.4, 0.5) is 5.69 Å². The van der Waals surface area contributed by atoms with Gasteiger partial charge in [-0.05, 0) is 55.3 Å². The van der Waals surface area contributed by atoms with E-state index in [1.54, 1.807) is 48.5 Å². The summed E-state index contributed by atoms with van der Waals surface area (Å²) in [6, 6.07) is 21.6. The number of hydrogen-bond donors (Lipinski definition) is 1. The van der Waals surface area contributed by atoms with Gasteiger partial charge < -0.3 is 14.8 Å². The van der Waals surface area contributed by atoms with Gasteiger partial charge in [0.15, 0.2) is 6.61 Å². The molecule has 3 aromatic rings. The second-order valence-corrected chi connectivity index (χ2v) is 9.61. The average Bonchev–Trinajstić information content (AvgIpc) is 3.40. The fraction of sp³-hybridized carbons (Fsp3) is 0.200. The number of benzene rings is 3. The molecule has 1 heterocycles. The van der Waals surface area contributed by atoms with Crippen molar-refractivity contribution in [1.82, 2.24) is 4.31 Å². The van der Waals surface area contributed by atoms with Crippen molar-refractivity contribution in [3.05, 3.63) is 84.4 Å². The first-order valence-corrected chi connectivity index (χ1v) is 12.3. The molecule has 3 aromatic carbocycles. The third-order valence-corrected chi connectivity index (χ3v) is 7.13. The largest absolute Gasteiger partial charge is 0.456 e. The highest BCUT2D eigenvalue weighted by molar-refractivity contribution is 7.89. The van der Waals surface area contributed by atoms with E-state index in [0.29, 0.717) is 30.3 Å². The molecule has 9 heteroatoms. The summed E-state index contributed by atoms with van der Waals surface area (Å²) in [4.78, 5) is 25.0. The summed E-state index contributed by atoms with van der Waals surface area (Å²) in [5, 5.41) is 2.58. The molecule has 0 aromatic heterocycles. The lowest BCUT2D eigenvalue weighted by Gasteiger charge is -2.16. The van der Waals surface area contributed by atoms with Crippen molar-refractivity contribution in [2.24, 2.45) is 0 Å². The molecule has 1 saturated heterocycles. The van der Waals surface area contributed by atoms with Crippen molar-refractivity contribution < 1.29 is 27.5 Å². The Kier molecular flexibility index (Phi) is 7.24. The van der Waals surface area contributed by atoms with Gasteiger partial charge in [0, 0.05) is 18.8 Å². The lowest BCUT2D eigenvalue weighted by atomic mass is 10.2. The Hall–Kier alpha value is -3.69. The highest BCUT2D eigenvalue weighted by atomic mass is 32.2. The van der Waals surface area contributed by atoms with Crippen LogP contribution in [0.1, 0.15) is 23.2 Å². The molecule has 1 aliphatic heterocycles. The minimum absolute atomic E-state index is 0.108. The average molecular weight is 481 g/mol. The number of anilines is 1. The van der Waals surface area contributed by atoms with Gasteiger partial charge in [0.2, 0.25) is 10.0 Å². The zero-order chi connectivity index (χ0) is 24.0. The molecule has 4 rings (SSSR count). The summed E-state index contributed by atoms with van der Waals surface area (Å²) in [5.41, 5.74) is 0.479. The molecule has 1 N–H and O–H groups in total. The highest BCUT2D eigenvalue weighted by Gasteiger charge is 2.27. The van der Waals surface area contributed by atoms with Crippen LogP contribution in [0.3, 0.4) is 0 Å². The first kappa shape index (κ1) is 23.5. The van der Waals surface area contributed by atoms with Crippen LogP contribution in [-0.4, -0.2) is 44.3 Å². The van der Waals surface area contributed by atoms with Crippen LogP contribution in [0.25, 0.3) is 0 Å². The number of nitrogens with one attached hydrogen (secondary N) is 1. The number of para-hydroxylation sites is 2. The standard InChI is InChI=1S/C25H24N2O6S/c28-24(26-19-9-8-12-21(17-19)34(30,31)27-15-6-7-16-27)18-32-25(29)22-13-4-5-14-23(22)33-20-10-2-1-3-11-20/h1-5,8-14,17H,6-7,15-16,18H2,(H,26,28). The van der Waals surface area contributed by atoms with Crippen molar-refractivity contribution >= 4 is 27.6 Å². The van der Waals surface area contributed by atoms with Crippen molar-refractivity contribution in [3.63, 3.8) is 0 Å². The number of esters is 1. The predicted octanol–water partition coefficient (Wildman–Crippen LogP) is 4.06. The Morgan fingerprint density at radius 1 is 0.882 bits per heavy atom. The summed E-state index contributed by atoms with van der Waals surface area (Å²) in [6.07, 6.45) is 1.67. The number of rotatable bonds is 8. The second kappa shape index (κ2) is 10.5. The molecule has 0 aliphatic carbocycles. The van der Waals surface area contributed by atoms with Crippen LogP contribution in [0.5, 0.6) is 11.5 Å². The molecule has 176 valence electrons. The number of amides is 1. The number of hydrogen-bond acceptors (Lipinski definition) is 6. The molecule has 1 fully saturated rings. The first-order valence-electron chi connectivity index (χ1n) is 10.8. The Morgan fingerprint density at radius 2 is 1.59 bits per heavy atom. The van der Waals surface area contributed by atoms with E-state index in [0.717, 1.165) is 12.8 Å². The van der Waals surface area contributed by atoms with Gasteiger partial charge >= 0.3 is 5.97 Å². The zero-order valence-electron chi connectivity index (χ0n) is 18.3. The molecule has 0 spiro atoms. The third kappa shape index (κ3) is 5.62. The van der Waals surface area contributed by atoms with E-state index in [4.69, 9.17) is 9.47 Å². The summed E-state index contributed by atoms with van der Waals surface area (Å²) >= 11 is 0. The van der Waals surface area contributed by atoms with E-state index in [1.165, 1.54) is 16.4 Å². The SMILES string of the molecule is O=C(COC(=O)c1ccccc1Oc1ccccc1)Nc1cccc(S(=O)(=O)N2CCCC2)c1. The Bertz CT molecular complexity index is 1270. The molecule has 1 aliphatic rings. The molecule has 0 bridgehead atoms.